The SMILES string of the molecule is CO[C@H](C)[C@H](C)OC1C(O)[C@@H](CO[Si](c2ccccc2)(c2ccccc2)C(C)(C)C)O[C@H]1n1cc(C)c(=O)[nH]c1=O. The van der Waals surface area contributed by atoms with Crippen molar-refractivity contribution in [3.63, 3.8) is 0 Å². The lowest BCUT2D eigenvalue weighted by molar-refractivity contribution is -0.130. The van der Waals surface area contributed by atoms with Crippen molar-refractivity contribution in [1.82, 2.24) is 9.55 Å². The molecule has 2 unspecified atom stereocenters. The summed E-state index contributed by atoms with van der Waals surface area (Å²) in [6, 6.07) is 20.4. The van der Waals surface area contributed by atoms with Crippen molar-refractivity contribution in [2.45, 2.75) is 83.3 Å². The number of aromatic nitrogens is 2. The number of ether oxygens (including phenoxy) is 3. The van der Waals surface area contributed by atoms with Crippen LogP contribution in [0.25, 0.3) is 0 Å². The Kier molecular flexibility index (Phi) is 9.52. The molecule has 1 aromatic heterocycles. The first-order valence-electron chi connectivity index (χ1n) is 14.0. The predicted octanol–water partition coefficient (Wildman–Crippen LogP) is 2.49. The first-order chi connectivity index (χ1) is 19.4. The Morgan fingerprint density at radius 2 is 1.56 bits per heavy atom. The highest BCUT2D eigenvalue weighted by Gasteiger charge is 2.53. The van der Waals surface area contributed by atoms with Crippen LogP contribution in [0.15, 0.2) is 76.4 Å². The number of hydrogen-bond acceptors (Lipinski definition) is 7. The smallest absolute Gasteiger partial charge is 0.330 e. The summed E-state index contributed by atoms with van der Waals surface area (Å²) in [6.07, 6.45) is -3.10. The molecule has 10 heteroatoms. The molecular weight excluding hydrogens is 540 g/mol. The van der Waals surface area contributed by atoms with Crippen LogP contribution in [0.5, 0.6) is 0 Å². The minimum absolute atomic E-state index is 0.0656. The van der Waals surface area contributed by atoms with Gasteiger partial charge in [0.25, 0.3) is 13.9 Å². The molecule has 3 aromatic rings. The Labute approximate surface area is 242 Å². The fraction of sp³-hybridized carbons (Fsp3) is 0.484. The minimum Gasteiger partial charge on any atom is -0.405 e. The molecule has 0 bridgehead atoms. The van der Waals surface area contributed by atoms with E-state index < -0.39 is 50.2 Å². The minimum atomic E-state index is -2.92. The molecule has 1 aliphatic rings. The van der Waals surface area contributed by atoms with Crippen LogP contribution in [0.2, 0.25) is 5.04 Å². The number of nitrogens with one attached hydrogen (secondary N) is 1. The number of aryl methyl sites for hydroxylation is 1. The number of methoxy groups -OCH3 is 1. The van der Waals surface area contributed by atoms with Crippen LogP contribution in [0.4, 0.5) is 0 Å². The van der Waals surface area contributed by atoms with E-state index in [1.54, 1.807) is 14.0 Å². The van der Waals surface area contributed by atoms with Crippen LogP contribution in [-0.4, -0.2) is 67.2 Å². The summed E-state index contributed by atoms with van der Waals surface area (Å²) >= 11 is 0. The van der Waals surface area contributed by atoms with E-state index >= 15 is 0 Å². The van der Waals surface area contributed by atoms with Crippen molar-refractivity contribution in [1.29, 1.82) is 0 Å². The van der Waals surface area contributed by atoms with Crippen LogP contribution < -0.4 is 21.6 Å². The Morgan fingerprint density at radius 3 is 2.07 bits per heavy atom. The van der Waals surface area contributed by atoms with Gasteiger partial charge in [0.15, 0.2) is 6.23 Å². The predicted molar refractivity (Wildman–Crippen MR) is 160 cm³/mol. The molecule has 0 amide bonds. The molecule has 0 aliphatic carbocycles. The van der Waals surface area contributed by atoms with E-state index in [-0.39, 0.29) is 17.7 Å². The van der Waals surface area contributed by atoms with Gasteiger partial charge in [0.2, 0.25) is 0 Å². The van der Waals surface area contributed by atoms with Gasteiger partial charge in [0.05, 0.1) is 18.8 Å². The highest BCUT2D eigenvalue weighted by atomic mass is 28.4. The maximum absolute atomic E-state index is 12.9. The third-order valence-electron chi connectivity index (χ3n) is 8.02. The topological polar surface area (TPSA) is 112 Å². The average Bonchev–Trinajstić information content (AvgIpc) is 3.25. The van der Waals surface area contributed by atoms with Gasteiger partial charge in [-0.15, -0.1) is 0 Å². The van der Waals surface area contributed by atoms with Crippen LogP contribution in [-0.2, 0) is 18.6 Å². The van der Waals surface area contributed by atoms with E-state index in [9.17, 15) is 14.7 Å². The summed E-state index contributed by atoms with van der Waals surface area (Å²) in [5, 5.41) is 13.5. The van der Waals surface area contributed by atoms with Gasteiger partial charge in [-0.05, 0) is 36.2 Å². The van der Waals surface area contributed by atoms with E-state index in [2.05, 4.69) is 50.0 Å². The molecule has 1 fully saturated rings. The van der Waals surface area contributed by atoms with Gasteiger partial charge in [-0.1, -0.05) is 81.4 Å². The fourth-order valence-electron chi connectivity index (χ4n) is 5.52. The maximum atomic E-state index is 12.9. The lowest BCUT2D eigenvalue weighted by atomic mass is 10.1. The van der Waals surface area contributed by atoms with Crippen molar-refractivity contribution in [3.05, 3.63) is 93.3 Å². The van der Waals surface area contributed by atoms with E-state index in [1.807, 2.05) is 50.2 Å². The molecule has 4 rings (SSSR count). The van der Waals surface area contributed by atoms with E-state index in [0.29, 0.717) is 5.56 Å². The van der Waals surface area contributed by atoms with Crippen molar-refractivity contribution >= 4 is 18.7 Å². The number of nitrogens with zero attached hydrogens (tertiary/aromatic N) is 1. The van der Waals surface area contributed by atoms with Gasteiger partial charge in [-0.3, -0.25) is 14.3 Å². The van der Waals surface area contributed by atoms with Gasteiger partial charge < -0.3 is 23.7 Å². The highest BCUT2D eigenvalue weighted by molar-refractivity contribution is 6.99. The molecule has 1 saturated heterocycles. The quantitative estimate of drug-likeness (QED) is 0.353. The van der Waals surface area contributed by atoms with Crippen LogP contribution in [0, 0.1) is 6.92 Å². The Hall–Kier alpha value is -2.86. The third kappa shape index (κ3) is 6.18. The molecule has 1 aliphatic heterocycles. The summed E-state index contributed by atoms with van der Waals surface area (Å²) in [5.41, 5.74) is -0.783. The number of aliphatic hydroxyl groups excluding tert-OH is 1. The third-order valence-corrected chi connectivity index (χ3v) is 13.0. The monoisotopic (exact) mass is 582 g/mol. The van der Waals surface area contributed by atoms with Gasteiger partial charge in [0, 0.05) is 18.9 Å². The van der Waals surface area contributed by atoms with E-state index in [1.165, 1.54) is 10.8 Å². The molecule has 9 nitrogen and oxygen atoms in total. The zero-order chi connectivity index (χ0) is 29.9. The molecule has 41 heavy (non-hydrogen) atoms. The van der Waals surface area contributed by atoms with Gasteiger partial charge >= 0.3 is 5.69 Å². The standard InChI is InChI=1S/C31H42N2O7Si/c1-20-18-33(30(36)32-28(20)35)29-27(39-22(3)21(2)37-7)26(34)25(40-29)19-38-41(31(4,5)6,23-14-10-8-11-15-23)24-16-12-9-13-17-24/h8-18,21-22,25-27,29,34H,19H2,1-7H3,(H,32,35,36)/t21-,22+,25-,26?,27?,29-/m1/s1. The van der Waals surface area contributed by atoms with Gasteiger partial charge in [-0.2, -0.15) is 0 Å². The number of H-pyrrole nitrogens is 1. The highest BCUT2D eigenvalue weighted by Crippen LogP contribution is 2.38. The summed E-state index contributed by atoms with van der Waals surface area (Å²) in [4.78, 5) is 27.3. The molecule has 2 heterocycles. The molecule has 0 spiro atoms. The second-order valence-electron chi connectivity index (χ2n) is 11.8. The summed E-state index contributed by atoms with van der Waals surface area (Å²) in [7, 11) is -1.34. The van der Waals surface area contributed by atoms with E-state index in [4.69, 9.17) is 18.6 Å². The zero-order valence-electron chi connectivity index (χ0n) is 24.9. The molecule has 222 valence electrons. The van der Waals surface area contributed by atoms with Crippen LogP contribution >= 0.6 is 0 Å². The second-order valence-corrected chi connectivity index (χ2v) is 16.1. The molecule has 0 saturated carbocycles. The van der Waals surface area contributed by atoms with Crippen molar-refractivity contribution in [2.24, 2.45) is 0 Å². The number of aliphatic hydroxyl groups is 1. The molecule has 2 N–H and O–H groups in total. The number of benzene rings is 2. The molecular formula is C31H42N2O7Si. The molecule has 6 atom stereocenters. The van der Waals surface area contributed by atoms with E-state index in [0.717, 1.165) is 10.4 Å². The number of aromatic amines is 1. The first kappa shape index (κ1) is 31.1. The Balaban J connectivity index is 1.73. The molecule has 0 radical (unpaired) electrons. The van der Waals surface area contributed by atoms with Crippen LogP contribution in [0.3, 0.4) is 0 Å². The van der Waals surface area contributed by atoms with Crippen LogP contribution in [0.1, 0.15) is 46.4 Å². The second kappa shape index (κ2) is 12.6. The lowest BCUT2D eigenvalue weighted by Gasteiger charge is -2.43. The maximum Gasteiger partial charge on any atom is 0.330 e. The van der Waals surface area contributed by atoms with Crippen molar-refractivity contribution in [3.8, 4) is 0 Å². The molecule has 2 aromatic carbocycles. The zero-order valence-corrected chi connectivity index (χ0v) is 25.9. The normalized spacial score (nSPS) is 22.9. The number of rotatable bonds is 10. The lowest BCUT2D eigenvalue weighted by Crippen LogP contribution is -2.67. The van der Waals surface area contributed by atoms with Gasteiger partial charge in [0.1, 0.15) is 18.3 Å². The van der Waals surface area contributed by atoms with Crippen molar-refractivity contribution in [2.75, 3.05) is 13.7 Å². The summed E-state index contributed by atoms with van der Waals surface area (Å²) in [6.45, 7) is 11.9. The fourth-order valence-corrected chi connectivity index (χ4v) is 10.1. The Morgan fingerprint density at radius 1 is 1.00 bits per heavy atom. The summed E-state index contributed by atoms with van der Waals surface area (Å²) in [5.74, 6) is 0. The average molecular weight is 583 g/mol. The summed E-state index contributed by atoms with van der Waals surface area (Å²) < 4.78 is 26.4. The largest absolute Gasteiger partial charge is 0.405 e. The first-order valence-corrected chi connectivity index (χ1v) is 15.9. The van der Waals surface area contributed by atoms with Gasteiger partial charge in [-0.25, -0.2) is 4.79 Å². The van der Waals surface area contributed by atoms with Crippen molar-refractivity contribution < 1.29 is 23.7 Å². The Bertz CT molecular complexity index is 1360. The number of hydrogen-bond donors (Lipinski definition) is 2.